The third-order valence-electron chi connectivity index (χ3n) is 4.54. The van der Waals surface area contributed by atoms with E-state index in [1.54, 1.807) is 0 Å². The van der Waals surface area contributed by atoms with E-state index in [1.165, 1.54) is 12.0 Å². The standard InChI is InChI=1S/C16H22BrNO2/c1-15(2)9-19-13-6-11(16(8-18)4-3-5-16)12(17)7-14(13)20-10-15/h6-7H,3-5,8-10,18H2,1-2H3. The maximum atomic E-state index is 6.03. The minimum atomic E-state index is 0.0354. The van der Waals surface area contributed by atoms with Gasteiger partial charge in [-0.15, -0.1) is 0 Å². The Balaban J connectivity index is 1.98. The molecule has 3 nitrogen and oxygen atoms in total. The van der Waals surface area contributed by atoms with Crippen molar-refractivity contribution < 1.29 is 9.47 Å². The minimum Gasteiger partial charge on any atom is -0.489 e. The molecule has 2 N–H and O–H groups in total. The lowest BCUT2D eigenvalue weighted by atomic mass is 9.64. The second-order valence-electron chi connectivity index (χ2n) is 6.86. The van der Waals surface area contributed by atoms with Crippen molar-refractivity contribution >= 4 is 15.9 Å². The molecule has 0 atom stereocenters. The molecule has 1 heterocycles. The largest absolute Gasteiger partial charge is 0.489 e. The molecule has 20 heavy (non-hydrogen) atoms. The van der Waals surface area contributed by atoms with Gasteiger partial charge in [0.1, 0.15) is 0 Å². The molecule has 4 heteroatoms. The average Bonchev–Trinajstić information content (AvgIpc) is 2.49. The fourth-order valence-electron chi connectivity index (χ4n) is 2.94. The van der Waals surface area contributed by atoms with Crippen molar-refractivity contribution in [1.82, 2.24) is 0 Å². The smallest absolute Gasteiger partial charge is 0.162 e. The van der Waals surface area contributed by atoms with Crippen molar-refractivity contribution in [2.24, 2.45) is 11.1 Å². The van der Waals surface area contributed by atoms with E-state index in [-0.39, 0.29) is 10.8 Å². The normalized spacial score (nSPS) is 22.8. The predicted molar refractivity (Wildman–Crippen MR) is 83.5 cm³/mol. The first-order valence-corrected chi connectivity index (χ1v) is 8.05. The summed E-state index contributed by atoms with van der Waals surface area (Å²) in [5, 5.41) is 0. The first-order chi connectivity index (χ1) is 9.46. The van der Waals surface area contributed by atoms with Gasteiger partial charge in [-0.25, -0.2) is 0 Å². The van der Waals surface area contributed by atoms with E-state index in [0.717, 1.165) is 28.8 Å². The quantitative estimate of drug-likeness (QED) is 0.894. The molecular formula is C16H22BrNO2. The van der Waals surface area contributed by atoms with Gasteiger partial charge in [0.05, 0.1) is 13.2 Å². The maximum absolute atomic E-state index is 6.03. The SMILES string of the molecule is CC1(C)COc2cc(Br)c(C3(CN)CCC3)cc2OC1. The molecule has 3 rings (SSSR count). The van der Waals surface area contributed by atoms with Crippen LogP contribution >= 0.6 is 15.9 Å². The summed E-state index contributed by atoms with van der Waals surface area (Å²) >= 11 is 3.69. The van der Waals surface area contributed by atoms with Crippen molar-refractivity contribution in [3.8, 4) is 11.5 Å². The van der Waals surface area contributed by atoms with Crippen LogP contribution in [-0.2, 0) is 5.41 Å². The number of rotatable bonds is 2. The van der Waals surface area contributed by atoms with Crippen molar-refractivity contribution in [3.63, 3.8) is 0 Å². The Morgan fingerprint density at radius 1 is 1.15 bits per heavy atom. The molecule has 1 aromatic rings. The van der Waals surface area contributed by atoms with Crippen LogP contribution in [0.1, 0.15) is 38.7 Å². The van der Waals surface area contributed by atoms with Crippen molar-refractivity contribution in [2.45, 2.75) is 38.5 Å². The topological polar surface area (TPSA) is 44.5 Å². The van der Waals surface area contributed by atoms with Gasteiger partial charge in [0.25, 0.3) is 0 Å². The number of fused-ring (bicyclic) bond motifs is 1. The Bertz CT molecular complexity index is 518. The highest BCUT2D eigenvalue weighted by Crippen LogP contribution is 2.49. The fourth-order valence-corrected chi connectivity index (χ4v) is 3.68. The summed E-state index contributed by atoms with van der Waals surface area (Å²) in [5.74, 6) is 1.69. The zero-order valence-electron chi connectivity index (χ0n) is 12.2. The summed E-state index contributed by atoms with van der Waals surface area (Å²) in [6.07, 6.45) is 3.57. The molecule has 0 bridgehead atoms. The molecule has 0 radical (unpaired) electrons. The first kappa shape index (κ1) is 14.2. The zero-order valence-corrected chi connectivity index (χ0v) is 13.8. The van der Waals surface area contributed by atoms with E-state index < -0.39 is 0 Å². The van der Waals surface area contributed by atoms with Crippen LogP contribution in [0, 0.1) is 5.41 Å². The lowest BCUT2D eigenvalue weighted by molar-refractivity contribution is 0.140. The number of nitrogens with two attached hydrogens (primary N) is 1. The molecule has 1 aromatic carbocycles. The molecule has 110 valence electrons. The van der Waals surface area contributed by atoms with Crippen LogP contribution in [0.25, 0.3) is 0 Å². The summed E-state index contributed by atoms with van der Waals surface area (Å²) in [7, 11) is 0. The Kier molecular flexibility index (Phi) is 3.49. The Morgan fingerprint density at radius 2 is 1.75 bits per heavy atom. The Labute approximate surface area is 129 Å². The van der Waals surface area contributed by atoms with E-state index in [9.17, 15) is 0 Å². The molecule has 0 unspecified atom stereocenters. The zero-order chi connectivity index (χ0) is 14.4. The van der Waals surface area contributed by atoms with Crippen LogP contribution in [0.15, 0.2) is 16.6 Å². The highest BCUT2D eigenvalue weighted by molar-refractivity contribution is 9.10. The monoisotopic (exact) mass is 339 g/mol. The van der Waals surface area contributed by atoms with Gasteiger partial charge in [-0.2, -0.15) is 0 Å². The predicted octanol–water partition coefficient (Wildman–Crippen LogP) is 3.63. The molecule has 1 aliphatic heterocycles. The highest BCUT2D eigenvalue weighted by Gasteiger charge is 2.39. The summed E-state index contributed by atoms with van der Waals surface area (Å²) in [4.78, 5) is 0. The molecule has 0 saturated heterocycles. The van der Waals surface area contributed by atoms with Crippen molar-refractivity contribution in [2.75, 3.05) is 19.8 Å². The van der Waals surface area contributed by atoms with E-state index in [4.69, 9.17) is 15.2 Å². The van der Waals surface area contributed by atoms with E-state index in [2.05, 4.69) is 35.8 Å². The second-order valence-corrected chi connectivity index (χ2v) is 7.71. The van der Waals surface area contributed by atoms with Gasteiger partial charge in [-0.3, -0.25) is 0 Å². The van der Waals surface area contributed by atoms with E-state index in [0.29, 0.717) is 19.8 Å². The molecule has 1 fully saturated rings. The number of halogens is 1. The Hall–Kier alpha value is -0.740. The van der Waals surface area contributed by atoms with Crippen LogP contribution in [0.3, 0.4) is 0 Å². The highest BCUT2D eigenvalue weighted by atomic mass is 79.9. The molecule has 0 spiro atoms. The Morgan fingerprint density at radius 3 is 2.25 bits per heavy atom. The van der Waals surface area contributed by atoms with E-state index >= 15 is 0 Å². The van der Waals surface area contributed by atoms with Gasteiger partial charge < -0.3 is 15.2 Å². The van der Waals surface area contributed by atoms with Gasteiger partial charge in [0.2, 0.25) is 0 Å². The van der Waals surface area contributed by atoms with Gasteiger partial charge >= 0.3 is 0 Å². The summed E-state index contributed by atoms with van der Waals surface area (Å²) in [6, 6.07) is 4.18. The van der Waals surface area contributed by atoms with Crippen LogP contribution in [0.5, 0.6) is 11.5 Å². The van der Waals surface area contributed by atoms with Gasteiger partial charge in [-0.1, -0.05) is 36.2 Å². The molecule has 1 saturated carbocycles. The lowest BCUT2D eigenvalue weighted by Gasteiger charge is -2.42. The van der Waals surface area contributed by atoms with Crippen molar-refractivity contribution in [3.05, 3.63) is 22.2 Å². The van der Waals surface area contributed by atoms with Crippen LogP contribution in [0.4, 0.5) is 0 Å². The number of hydrogen-bond donors (Lipinski definition) is 1. The third kappa shape index (κ3) is 2.33. The van der Waals surface area contributed by atoms with Crippen molar-refractivity contribution in [1.29, 1.82) is 0 Å². The van der Waals surface area contributed by atoms with Gasteiger partial charge in [-0.05, 0) is 30.5 Å². The average molecular weight is 340 g/mol. The summed E-state index contributed by atoms with van der Waals surface area (Å²) < 4.78 is 13.0. The fraction of sp³-hybridized carbons (Fsp3) is 0.625. The molecular weight excluding hydrogens is 318 g/mol. The first-order valence-electron chi connectivity index (χ1n) is 7.26. The van der Waals surface area contributed by atoms with Crippen LogP contribution < -0.4 is 15.2 Å². The lowest BCUT2D eigenvalue weighted by Crippen LogP contribution is -2.41. The minimum absolute atomic E-state index is 0.0354. The van der Waals surface area contributed by atoms with Gasteiger partial charge in [0.15, 0.2) is 11.5 Å². The summed E-state index contributed by atoms with van der Waals surface area (Å²) in [6.45, 7) is 6.35. The van der Waals surface area contributed by atoms with E-state index in [1.807, 2.05) is 6.07 Å². The van der Waals surface area contributed by atoms with Crippen LogP contribution in [0.2, 0.25) is 0 Å². The number of benzene rings is 1. The molecule has 0 amide bonds. The third-order valence-corrected chi connectivity index (χ3v) is 5.20. The number of ether oxygens (including phenoxy) is 2. The van der Waals surface area contributed by atoms with Gasteiger partial charge in [0, 0.05) is 21.8 Å². The second kappa shape index (κ2) is 4.92. The maximum Gasteiger partial charge on any atom is 0.162 e. The molecule has 0 aromatic heterocycles. The molecule has 1 aliphatic carbocycles. The summed E-state index contributed by atoms with van der Waals surface area (Å²) in [5.41, 5.74) is 7.46. The molecule has 2 aliphatic rings. The number of hydrogen-bond acceptors (Lipinski definition) is 3. The van der Waals surface area contributed by atoms with Crippen LogP contribution in [-0.4, -0.2) is 19.8 Å².